The Hall–Kier alpha value is -3.74. The number of benzene rings is 2. The third-order valence-electron chi connectivity index (χ3n) is 5.70. The monoisotopic (exact) mass is 432 g/mol. The van der Waals surface area contributed by atoms with Gasteiger partial charge in [-0.3, -0.25) is 9.59 Å². The predicted octanol–water partition coefficient (Wildman–Crippen LogP) is 4.21. The first-order valence-electron chi connectivity index (χ1n) is 10.6. The summed E-state index contributed by atoms with van der Waals surface area (Å²) < 4.78 is 16.2. The summed E-state index contributed by atoms with van der Waals surface area (Å²) in [5.41, 5.74) is 1.77. The number of nitrogens with one attached hydrogen (secondary N) is 1. The molecule has 7 heteroatoms. The Morgan fingerprint density at radius 1 is 1.12 bits per heavy atom. The van der Waals surface area contributed by atoms with Gasteiger partial charge in [-0.1, -0.05) is 30.3 Å². The fourth-order valence-corrected chi connectivity index (χ4v) is 3.86. The Kier molecular flexibility index (Phi) is 6.44. The maximum Gasteiger partial charge on any atom is 0.246 e. The Labute approximate surface area is 186 Å². The number of carbonyl (C=O) groups is 2. The lowest BCUT2D eigenvalue weighted by Gasteiger charge is -2.30. The average Bonchev–Trinajstić information content (AvgIpc) is 3.24. The van der Waals surface area contributed by atoms with Crippen LogP contribution in [0.5, 0.6) is 0 Å². The highest BCUT2D eigenvalue weighted by Crippen LogP contribution is 2.23. The minimum absolute atomic E-state index is 0.0554. The summed E-state index contributed by atoms with van der Waals surface area (Å²) in [4.78, 5) is 30.9. The lowest BCUT2D eigenvalue weighted by molar-refractivity contribution is -0.130. The van der Waals surface area contributed by atoms with Crippen LogP contribution in [0.4, 0.5) is 10.1 Å². The molecule has 1 aliphatic heterocycles. The molecule has 1 aromatic heterocycles. The van der Waals surface area contributed by atoms with E-state index in [1.807, 2.05) is 30.3 Å². The fourth-order valence-electron chi connectivity index (χ4n) is 3.86. The number of amides is 2. The number of piperidine rings is 1. The van der Waals surface area contributed by atoms with Gasteiger partial charge in [-0.25, -0.2) is 9.37 Å². The third kappa shape index (κ3) is 4.94. The van der Waals surface area contributed by atoms with Crippen LogP contribution in [0.2, 0.25) is 0 Å². The summed E-state index contributed by atoms with van der Waals surface area (Å²) >= 11 is 0. The zero-order valence-electron chi connectivity index (χ0n) is 17.9. The Morgan fingerprint density at radius 3 is 2.53 bits per heavy atom. The first-order chi connectivity index (χ1) is 15.5. The van der Waals surface area contributed by atoms with E-state index in [0.29, 0.717) is 43.1 Å². The largest absolute Gasteiger partial charge is 0.339 e. The summed E-state index contributed by atoms with van der Waals surface area (Å²) in [6, 6.07) is 14.3. The van der Waals surface area contributed by atoms with E-state index >= 15 is 0 Å². The average molecular weight is 432 g/mol. The second kappa shape index (κ2) is 9.60. The standard InChI is InChI=1S/C25H25FN4O2/c1-18-27-13-16-30(18)23-9-8-21(17-22(23)26)28-25(32)20-11-14-29(15-12-20)24(31)10-7-19-5-3-2-4-6-19/h2-10,13,16-17,20H,11-12,14-15H2,1H3,(H,28,32)/b10-7+. The molecule has 2 heterocycles. The van der Waals surface area contributed by atoms with Gasteiger partial charge in [-0.05, 0) is 49.6 Å². The second-order valence-electron chi connectivity index (χ2n) is 7.84. The van der Waals surface area contributed by atoms with Gasteiger partial charge in [0.25, 0.3) is 0 Å². The quantitative estimate of drug-likeness (QED) is 0.614. The molecule has 164 valence electrons. The number of likely N-dealkylation sites (tertiary alicyclic amines) is 1. The molecule has 0 saturated carbocycles. The highest BCUT2D eigenvalue weighted by Gasteiger charge is 2.26. The van der Waals surface area contributed by atoms with Gasteiger partial charge in [0.1, 0.15) is 11.6 Å². The summed E-state index contributed by atoms with van der Waals surface area (Å²) in [6.07, 6.45) is 7.82. The molecule has 32 heavy (non-hydrogen) atoms. The molecule has 1 aliphatic rings. The van der Waals surface area contributed by atoms with Crippen LogP contribution in [0.3, 0.4) is 0 Å². The molecular weight excluding hydrogens is 407 g/mol. The Morgan fingerprint density at radius 2 is 1.88 bits per heavy atom. The van der Waals surface area contributed by atoms with Gasteiger partial charge in [0.2, 0.25) is 11.8 Å². The van der Waals surface area contributed by atoms with Crippen LogP contribution in [0, 0.1) is 18.7 Å². The van der Waals surface area contributed by atoms with E-state index in [-0.39, 0.29) is 17.7 Å². The number of imidazole rings is 1. The highest BCUT2D eigenvalue weighted by molar-refractivity contribution is 5.94. The molecule has 4 rings (SSSR count). The molecule has 3 aromatic rings. The van der Waals surface area contributed by atoms with Crippen LogP contribution in [0.1, 0.15) is 24.2 Å². The molecular formula is C25H25FN4O2. The molecule has 1 saturated heterocycles. The van der Waals surface area contributed by atoms with Crippen LogP contribution >= 0.6 is 0 Å². The third-order valence-corrected chi connectivity index (χ3v) is 5.70. The zero-order chi connectivity index (χ0) is 22.5. The van der Waals surface area contributed by atoms with Crippen molar-refractivity contribution in [2.75, 3.05) is 18.4 Å². The molecule has 0 aliphatic carbocycles. The van der Waals surface area contributed by atoms with Gasteiger partial charge >= 0.3 is 0 Å². The van der Waals surface area contributed by atoms with Gasteiger partial charge in [0.05, 0.1) is 5.69 Å². The fraction of sp³-hybridized carbons (Fsp3) is 0.240. The number of nitrogens with zero attached hydrogens (tertiary/aromatic N) is 3. The summed E-state index contributed by atoms with van der Waals surface area (Å²) in [6.45, 7) is 2.83. The highest BCUT2D eigenvalue weighted by atomic mass is 19.1. The molecule has 1 fully saturated rings. The van der Waals surface area contributed by atoms with E-state index in [0.717, 1.165) is 5.56 Å². The molecule has 0 atom stereocenters. The number of aryl methyl sites for hydroxylation is 1. The van der Waals surface area contributed by atoms with Crippen LogP contribution in [-0.2, 0) is 9.59 Å². The zero-order valence-corrected chi connectivity index (χ0v) is 17.9. The van der Waals surface area contributed by atoms with Crippen molar-refractivity contribution in [1.29, 1.82) is 0 Å². The Balaban J connectivity index is 1.31. The summed E-state index contributed by atoms with van der Waals surface area (Å²) in [5, 5.41) is 2.81. The number of hydrogen-bond donors (Lipinski definition) is 1. The second-order valence-corrected chi connectivity index (χ2v) is 7.84. The van der Waals surface area contributed by atoms with Crippen molar-refractivity contribution in [2.45, 2.75) is 19.8 Å². The van der Waals surface area contributed by atoms with Crippen LogP contribution in [-0.4, -0.2) is 39.4 Å². The minimum Gasteiger partial charge on any atom is -0.339 e. The van der Waals surface area contributed by atoms with Gasteiger partial charge in [-0.2, -0.15) is 0 Å². The van der Waals surface area contributed by atoms with Crippen molar-refractivity contribution in [2.24, 2.45) is 5.92 Å². The lowest BCUT2D eigenvalue weighted by atomic mass is 9.95. The first-order valence-corrected chi connectivity index (χ1v) is 10.6. The lowest BCUT2D eigenvalue weighted by Crippen LogP contribution is -2.40. The SMILES string of the molecule is Cc1nccn1-c1ccc(NC(=O)C2CCN(C(=O)/C=C/c3ccccc3)CC2)cc1F. The maximum absolute atomic E-state index is 14.6. The number of anilines is 1. The van der Waals surface area contributed by atoms with E-state index in [1.54, 1.807) is 53.1 Å². The molecule has 1 N–H and O–H groups in total. The van der Waals surface area contributed by atoms with Crippen molar-refractivity contribution >= 4 is 23.6 Å². The number of halogens is 1. The normalized spacial score (nSPS) is 14.6. The Bertz CT molecular complexity index is 1130. The number of aromatic nitrogens is 2. The molecule has 0 spiro atoms. The molecule has 2 aromatic carbocycles. The van der Waals surface area contributed by atoms with Crippen LogP contribution in [0.15, 0.2) is 67.0 Å². The van der Waals surface area contributed by atoms with Gasteiger partial charge in [-0.15, -0.1) is 0 Å². The predicted molar refractivity (Wildman–Crippen MR) is 122 cm³/mol. The van der Waals surface area contributed by atoms with Crippen LogP contribution < -0.4 is 5.32 Å². The number of hydrogen-bond acceptors (Lipinski definition) is 3. The van der Waals surface area contributed by atoms with Gasteiger partial charge in [0, 0.05) is 43.2 Å². The molecule has 6 nitrogen and oxygen atoms in total. The van der Waals surface area contributed by atoms with Gasteiger partial charge < -0.3 is 14.8 Å². The van der Waals surface area contributed by atoms with Crippen molar-refractivity contribution in [1.82, 2.24) is 14.5 Å². The molecule has 0 radical (unpaired) electrons. The molecule has 0 unspecified atom stereocenters. The topological polar surface area (TPSA) is 67.2 Å². The smallest absolute Gasteiger partial charge is 0.246 e. The minimum atomic E-state index is -0.436. The number of carbonyl (C=O) groups excluding carboxylic acids is 2. The van der Waals surface area contributed by atoms with Crippen molar-refractivity contribution < 1.29 is 14.0 Å². The molecule has 0 bridgehead atoms. The van der Waals surface area contributed by atoms with E-state index in [1.165, 1.54) is 6.07 Å². The van der Waals surface area contributed by atoms with E-state index < -0.39 is 5.82 Å². The maximum atomic E-state index is 14.6. The van der Waals surface area contributed by atoms with E-state index in [2.05, 4.69) is 10.3 Å². The first kappa shape index (κ1) is 21.5. The van der Waals surface area contributed by atoms with Crippen molar-refractivity contribution in [3.8, 4) is 5.69 Å². The summed E-state index contributed by atoms with van der Waals surface area (Å²) in [7, 11) is 0. The van der Waals surface area contributed by atoms with E-state index in [9.17, 15) is 14.0 Å². The summed E-state index contributed by atoms with van der Waals surface area (Å²) in [5.74, 6) is -0.172. The van der Waals surface area contributed by atoms with E-state index in [4.69, 9.17) is 0 Å². The van der Waals surface area contributed by atoms with Crippen LogP contribution in [0.25, 0.3) is 11.8 Å². The number of rotatable bonds is 5. The molecule has 2 amide bonds. The van der Waals surface area contributed by atoms with Crippen molar-refractivity contribution in [3.63, 3.8) is 0 Å². The van der Waals surface area contributed by atoms with Crippen molar-refractivity contribution in [3.05, 3.63) is 84.2 Å². The van der Waals surface area contributed by atoms with Gasteiger partial charge in [0.15, 0.2) is 0 Å².